The number of nitrogens with one attached hydrogen (secondary N) is 1. The molecule has 6 heteroatoms. The number of aryl methyl sites for hydroxylation is 1. The molecule has 1 aliphatic rings. The zero-order chi connectivity index (χ0) is 20.3. The first-order chi connectivity index (χ1) is 13.4. The number of hydrogen-bond acceptors (Lipinski definition) is 4. The van der Waals surface area contributed by atoms with Crippen molar-refractivity contribution in [2.75, 3.05) is 43.5 Å². The fraction of sp³-hybridized carbons (Fsp3) is 0.409. The largest absolute Gasteiger partial charge is 0.497 e. The van der Waals surface area contributed by atoms with Gasteiger partial charge in [-0.15, -0.1) is 0 Å². The molecule has 0 unspecified atom stereocenters. The Morgan fingerprint density at radius 1 is 1.11 bits per heavy atom. The van der Waals surface area contributed by atoms with Crippen molar-refractivity contribution >= 4 is 17.3 Å². The Kier molecular flexibility index (Phi) is 6.19. The van der Waals surface area contributed by atoms with Crippen LogP contribution in [0.5, 0.6) is 5.75 Å². The summed E-state index contributed by atoms with van der Waals surface area (Å²) in [6.07, 6.45) is 0. The van der Waals surface area contributed by atoms with Gasteiger partial charge >= 0.3 is 0 Å². The molecule has 1 heterocycles. The normalized spacial score (nSPS) is 15.0. The first-order valence-corrected chi connectivity index (χ1v) is 9.63. The smallest absolute Gasteiger partial charge is 0.258 e. The summed E-state index contributed by atoms with van der Waals surface area (Å²) in [5.41, 5.74) is 2.79. The Morgan fingerprint density at radius 2 is 1.82 bits per heavy atom. The summed E-state index contributed by atoms with van der Waals surface area (Å²) in [6.45, 7) is 10.4. The van der Waals surface area contributed by atoms with Gasteiger partial charge in [-0.1, -0.05) is 0 Å². The molecule has 5 nitrogen and oxygen atoms in total. The Morgan fingerprint density at radius 3 is 2.43 bits per heavy atom. The van der Waals surface area contributed by atoms with Gasteiger partial charge in [0.2, 0.25) is 0 Å². The molecule has 0 aliphatic carbocycles. The second kappa shape index (κ2) is 8.61. The van der Waals surface area contributed by atoms with Crippen LogP contribution in [-0.2, 0) is 0 Å². The lowest BCUT2D eigenvalue weighted by atomic mass is 10.1. The van der Waals surface area contributed by atoms with Crippen LogP contribution >= 0.6 is 0 Å². The number of carbonyl (C=O) groups excluding carboxylic acids is 1. The van der Waals surface area contributed by atoms with Gasteiger partial charge in [-0.2, -0.15) is 0 Å². The first kappa shape index (κ1) is 20.1. The molecule has 3 rings (SSSR count). The highest BCUT2D eigenvalue weighted by Crippen LogP contribution is 2.25. The van der Waals surface area contributed by atoms with Gasteiger partial charge in [-0.05, 0) is 56.7 Å². The molecule has 1 aliphatic heterocycles. The highest BCUT2D eigenvalue weighted by Gasteiger charge is 2.20. The third kappa shape index (κ3) is 4.62. The van der Waals surface area contributed by atoms with E-state index in [2.05, 4.69) is 35.0 Å². The highest BCUT2D eigenvalue weighted by atomic mass is 19.1. The monoisotopic (exact) mass is 385 g/mol. The highest BCUT2D eigenvalue weighted by molar-refractivity contribution is 6.04. The number of carbonyl (C=O) groups is 1. The van der Waals surface area contributed by atoms with Crippen molar-refractivity contribution in [2.45, 2.75) is 26.8 Å². The van der Waals surface area contributed by atoms with Gasteiger partial charge in [0, 0.05) is 49.7 Å². The quantitative estimate of drug-likeness (QED) is 0.847. The lowest BCUT2D eigenvalue weighted by molar-refractivity contribution is 0.102. The average Bonchev–Trinajstić information content (AvgIpc) is 2.67. The predicted octanol–water partition coefficient (Wildman–Crippen LogP) is 3.93. The van der Waals surface area contributed by atoms with E-state index in [0.717, 1.165) is 37.4 Å². The van der Waals surface area contributed by atoms with Crippen molar-refractivity contribution in [1.29, 1.82) is 0 Å². The third-order valence-corrected chi connectivity index (χ3v) is 5.15. The maximum atomic E-state index is 14.2. The van der Waals surface area contributed by atoms with Gasteiger partial charge in [0.1, 0.15) is 11.6 Å². The van der Waals surface area contributed by atoms with E-state index in [9.17, 15) is 9.18 Å². The van der Waals surface area contributed by atoms with Gasteiger partial charge < -0.3 is 15.0 Å². The van der Waals surface area contributed by atoms with Gasteiger partial charge in [-0.25, -0.2) is 4.39 Å². The number of halogens is 1. The van der Waals surface area contributed by atoms with Crippen molar-refractivity contribution in [3.05, 3.63) is 53.3 Å². The molecule has 2 aromatic rings. The first-order valence-electron chi connectivity index (χ1n) is 9.63. The molecule has 0 radical (unpaired) electrons. The number of benzene rings is 2. The molecule has 1 saturated heterocycles. The Labute approximate surface area is 166 Å². The van der Waals surface area contributed by atoms with Crippen molar-refractivity contribution in [2.24, 2.45) is 0 Å². The minimum Gasteiger partial charge on any atom is -0.497 e. The lowest BCUT2D eigenvalue weighted by Crippen LogP contribution is -2.48. The lowest BCUT2D eigenvalue weighted by Gasteiger charge is -2.38. The van der Waals surface area contributed by atoms with Gasteiger partial charge in [-0.3, -0.25) is 9.69 Å². The van der Waals surface area contributed by atoms with Crippen LogP contribution < -0.4 is 15.0 Å². The second-order valence-corrected chi connectivity index (χ2v) is 7.47. The van der Waals surface area contributed by atoms with Gasteiger partial charge in [0.25, 0.3) is 5.91 Å². The maximum Gasteiger partial charge on any atom is 0.258 e. The molecule has 0 saturated carbocycles. The molecule has 0 spiro atoms. The summed E-state index contributed by atoms with van der Waals surface area (Å²) in [7, 11) is 1.46. The standard InChI is InChI=1S/C22H28FN3O2/c1-15(2)25-7-9-26(10-8-25)18-12-16(3)11-17(13-18)24-22(27)20-6-5-19(28-4)14-21(20)23/h5-6,11-15H,7-10H2,1-4H3,(H,24,27). The minimum atomic E-state index is -0.602. The molecule has 2 aromatic carbocycles. The number of nitrogens with zero attached hydrogens (tertiary/aromatic N) is 2. The SMILES string of the molecule is COc1ccc(C(=O)Nc2cc(C)cc(N3CCN(C(C)C)CC3)c2)c(F)c1. The molecule has 1 N–H and O–H groups in total. The van der Waals surface area contributed by atoms with E-state index in [0.29, 0.717) is 17.5 Å². The minimum absolute atomic E-state index is 0.00518. The van der Waals surface area contributed by atoms with E-state index < -0.39 is 11.7 Å². The zero-order valence-electron chi connectivity index (χ0n) is 17.0. The van der Waals surface area contributed by atoms with Gasteiger partial charge in [0.15, 0.2) is 0 Å². The molecular weight excluding hydrogens is 357 g/mol. The topological polar surface area (TPSA) is 44.8 Å². The van der Waals surface area contributed by atoms with E-state index in [1.165, 1.54) is 19.2 Å². The molecular formula is C22H28FN3O2. The molecule has 0 bridgehead atoms. The second-order valence-electron chi connectivity index (χ2n) is 7.47. The number of amides is 1. The summed E-state index contributed by atoms with van der Waals surface area (Å²) in [6, 6.07) is 10.7. The average molecular weight is 385 g/mol. The van der Waals surface area contributed by atoms with Crippen LogP contribution in [0.1, 0.15) is 29.8 Å². The van der Waals surface area contributed by atoms with Crippen LogP contribution in [0.4, 0.5) is 15.8 Å². The number of hydrogen-bond donors (Lipinski definition) is 1. The van der Waals surface area contributed by atoms with Crippen molar-refractivity contribution < 1.29 is 13.9 Å². The maximum absolute atomic E-state index is 14.2. The van der Waals surface area contributed by atoms with Crippen molar-refractivity contribution in [1.82, 2.24) is 4.90 Å². The van der Waals surface area contributed by atoms with Crippen molar-refractivity contribution in [3.8, 4) is 5.75 Å². The predicted molar refractivity (Wildman–Crippen MR) is 111 cm³/mol. The number of piperazine rings is 1. The molecule has 0 aromatic heterocycles. The van der Waals surface area contributed by atoms with Crippen LogP contribution in [0.2, 0.25) is 0 Å². The number of rotatable bonds is 5. The Bertz CT molecular complexity index is 846. The van der Waals surface area contributed by atoms with E-state index in [4.69, 9.17) is 4.74 Å². The zero-order valence-corrected chi connectivity index (χ0v) is 17.0. The Hall–Kier alpha value is -2.60. The van der Waals surface area contributed by atoms with E-state index in [-0.39, 0.29) is 5.56 Å². The Balaban J connectivity index is 1.74. The molecule has 150 valence electrons. The number of ether oxygens (including phenoxy) is 1. The molecule has 0 atom stereocenters. The molecule has 1 amide bonds. The number of methoxy groups -OCH3 is 1. The molecule has 28 heavy (non-hydrogen) atoms. The van der Waals surface area contributed by atoms with Crippen LogP contribution in [0.15, 0.2) is 36.4 Å². The van der Waals surface area contributed by atoms with Gasteiger partial charge in [0.05, 0.1) is 12.7 Å². The summed E-state index contributed by atoms with van der Waals surface area (Å²) in [4.78, 5) is 17.3. The third-order valence-electron chi connectivity index (χ3n) is 5.15. The fourth-order valence-electron chi connectivity index (χ4n) is 3.52. The van der Waals surface area contributed by atoms with E-state index in [1.807, 2.05) is 19.1 Å². The van der Waals surface area contributed by atoms with E-state index >= 15 is 0 Å². The van der Waals surface area contributed by atoms with Crippen LogP contribution in [0.25, 0.3) is 0 Å². The van der Waals surface area contributed by atoms with Crippen LogP contribution in [-0.4, -0.2) is 50.1 Å². The molecule has 1 fully saturated rings. The summed E-state index contributed by atoms with van der Waals surface area (Å²) < 4.78 is 19.2. The summed E-state index contributed by atoms with van der Waals surface area (Å²) >= 11 is 0. The summed E-state index contributed by atoms with van der Waals surface area (Å²) in [5, 5.41) is 2.83. The fourth-order valence-corrected chi connectivity index (χ4v) is 3.52. The van der Waals surface area contributed by atoms with E-state index in [1.54, 1.807) is 6.07 Å². The summed E-state index contributed by atoms with van der Waals surface area (Å²) in [5.74, 6) is -0.691. The van der Waals surface area contributed by atoms with Crippen LogP contribution in [0, 0.1) is 12.7 Å². The van der Waals surface area contributed by atoms with Crippen LogP contribution in [0.3, 0.4) is 0 Å². The van der Waals surface area contributed by atoms with Crippen molar-refractivity contribution in [3.63, 3.8) is 0 Å². The number of anilines is 2.